The van der Waals surface area contributed by atoms with Gasteiger partial charge >= 0.3 is 0 Å². The lowest BCUT2D eigenvalue weighted by molar-refractivity contribution is 0.454. The van der Waals surface area contributed by atoms with Crippen molar-refractivity contribution in [3.63, 3.8) is 0 Å². The summed E-state index contributed by atoms with van der Waals surface area (Å²) in [6.07, 6.45) is 1.94. The number of aryl methyl sites for hydroxylation is 2. The van der Waals surface area contributed by atoms with E-state index in [2.05, 4.69) is 10.1 Å². The van der Waals surface area contributed by atoms with Gasteiger partial charge in [-0.15, -0.1) is 22.9 Å². The summed E-state index contributed by atoms with van der Waals surface area (Å²) in [5, 5.41) is 6.31. The molecule has 0 aliphatic heterocycles. The van der Waals surface area contributed by atoms with E-state index < -0.39 is 0 Å². The van der Waals surface area contributed by atoms with Crippen molar-refractivity contribution in [1.29, 1.82) is 0 Å². The number of aromatic nitrogens is 4. The first kappa shape index (κ1) is 12.5. The molecule has 3 heterocycles. The molecule has 0 radical (unpaired) electrons. The van der Waals surface area contributed by atoms with E-state index in [0.717, 1.165) is 27.8 Å². The Kier molecular flexibility index (Phi) is 2.99. The second kappa shape index (κ2) is 4.54. The zero-order chi connectivity index (χ0) is 13.6. The smallest absolute Gasteiger partial charge is 0.243 e. The van der Waals surface area contributed by atoms with Gasteiger partial charge in [0, 0.05) is 18.6 Å². The third-order valence-electron chi connectivity index (χ3n) is 3.09. The van der Waals surface area contributed by atoms with Crippen molar-refractivity contribution >= 4 is 27.9 Å². The van der Waals surface area contributed by atoms with Gasteiger partial charge in [0.05, 0.1) is 11.6 Å². The summed E-state index contributed by atoms with van der Waals surface area (Å²) in [6.45, 7) is 3.88. The van der Waals surface area contributed by atoms with Crippen molar-refractivity contribution in [3.8, 4) is 11.6 Å². The van der Waals surface area contributed by atoms with Gasteiger partial charge in [-0.25, -0.2) is 0 Å². The third-order valence-corrected chi connectivity index (χ3v) is 4.10. The lowest BCUT2D eigenvalue weighted by Gasteiger charge is -2.04. The fraction of sp³-hybridized carbons (Fsp3) is 0.333. The summed E-state index contributed by atoms with van der Waals surface area (Å²) in [5.74, 6) is 1.66. The van der Waals surface area contributed by atoms with E-state index in [9.17, 15) is 0 Å². The summed E-state index contributed by atoms with van der Waals surface area (Å²) in [5.41, 5.74) is 2.67. The van der Waals surface area contributed by atoms with Crippen LogP contribution in [0.25, 0.3) is 4.96 Å². The lowest BCUT2D eigenvalue weighted by atomic mass is 10.3. The monoisotopic (exact) mass is 296 g/mol. The first-order chi connectivity index (χ1) is 9.11. The molecule has 19 heavy (non-hydrogen) atoms. The summed E-state index contributed by atoms with van der Waals surface area (Å²) >= 11 is 7.56. The Hall–Kier alpha value is -1.53. The van der Waals surface area contributed by atoms with E-state index in [0.29, 0.717) is 11.8 Å². The summed E-state index contributed by atoms with van der Waals surface area (Å²) < 4.78 is 9.68. The van der Waals surface area contributed by atoms with E-state index in [4.69, 9.17) is 16.3 Å². The van der Waals surface area contributed by atoms with Crippen LogP contribution in [0.3, 0.4) is 0 Å². The van der Waals surface area contributed by atoms with Crippen LogP contribution in [0.15, 0.2) is 11.6 Å². The van der Waals surface area contributed by atoms with Crippen molar-refractivity contribution in [2.24, 2.45) is 7.05 Å². The first-order valence-electron chi connectivity index (χ1n) is 5.80. The topological polar surface area (TPSA) is 44.3 Å². The Morgan fingerprint density at radius 2 is 2.21 bits per heavy atom. The second-order valence-corrected chi connectivity index (χ2v) is 5.42. The molecule has 7 heteroatoms. The van der Waals surface area contributed by atoms with Crippen LogP contribution in [-0.2, 0) is 12.9 Å². The standard InChI is InChI=1S/C12H13ClN4OS/c1-7-10(8(2)16(3)15-7)18-11-9(6-13)17-4-5-19-12(17)14-11/h4-5H,6H2,1-3H3. The fourth-order valence-electron chi connectivity index (χ4n) is 2.01. The maximum Gasteiger partial charge on any atom is 0.243 e. The Labute approximate surface area is 119 Å². The van der Waals surface area contributed by atoms with Crippen molar-refractivity contribution in [1.82, 2.24) is 19.2 Å². The van der Waals surface area contributed by atoms with Crippen LogP contribution >= 0.6 is 22.9 Å². The Morgan fingerprint density at radius 1 is 1.42 bits per heavy atom. The molecule has 5 nitrogen and oxygen atoms in total. The van der Waals surface area contributed by atoms with Crippen LogP contribution in [0.1, 0.15) is 17.1 Å². The van der Waals surface area contributed by atoms with Gasteiger partial charge in [0.1, 0.15) is 11.4 Å². The van der Waals surface area contributed by atoms with Gasteiger partial charge in [0.25, 0.3) is 0 Å². The highest BCUT2D eigenvalue weighted by Gasteiger charge is 2.18. The molecule has 0 atom stereocenters. The predicted octanol–water partition coefficient (Wildman–Crippen LogP) is 3.28. The SMILES string of the molecule is Cc1nn(C)c(C)c1Oc1nc2sccn2c1CCl. The van der Waals surface area contributed by atoms with Gasteiger partial charge in [-0.05, 0) is 13.8 Å². The summed E-state index contributed by atoms with van der Waals surface area (Å²) in [7, 11) is 1.89. The Balaban J connectivity index is 2.07. The Bertz CT molecular complexity index is 742. The zero-order valence-electron chi connectivity index (χ0n) is 10.8. The van der Waals surface area contributed by atoms with Crippen molar-refractivity contribution in [3.05, 3.63) is 28.7 Å². The third kappa shape index (κ3) is 1.91. The average molecular weight is 297 g/mol. The molecule has 0 aliphatic rings. The minimum Gasteiger partial charge on any atom is -0.433 e. The van der Waals surface area contributed by atoms with E-state index in [1.165, 1.54) is 0 Å². The predicted molar refractivity (Wildman–Crippen MR) is 75.4 cm³/mol. The van der Waals surface area contributed by atoms with Gasteiger partial charge < -0.3 is 4.74 Å². The van der Waals surface area contributed by atoms with E-state index in [1.807, 2.05) is 36.9 Å². The minimum absolute atomic E-state index is 0.353. The quantitative estimate of drug-likeness (QED) is 0.697. The fourth-order valence-corrected chi connectivity index (χ4v) is 2.98. The zero-order valence-corrected chi connectivity index (χ0v) is 12.4. The first-order valence-corrected chi connectivity index (χ1v) is 7.21. The number of hydrogen-bond acceptors (Lipinski definition) is 4. The van der Waals surface area contributed by atoms with Gasteiger partial charge in [-0.3, -0.25) is 9.08 Å². The van der Waals surface area contributed by atoms with E-state index in [1.54, 1.807) is 16.0 Å². The van der Waals surface area contributed by atoms with Crippen LogP contribution in [0.4, 0.5) is 0 Å². The van der Waals surface area contributed by atoms with Crippen molar-refractivity contribution < 1.29 is 4.74 Å². The minimum atomic E-state index is 0.353. The van der Waals surface area contributed by atoms with Crippen molar-refractivity contribution in [2.45, 2.75) is 19.7 Å². The van der Waals surface area contributed by atoms with E-state index in [-0.39, 0.29) is 0 Å². The molecule has 0 N–H and O–H groups in total. The van der Waals surface area contributed by atoms with Gasteiger partial charge in [0.2, 0.25) is 5.88 Å². The molecule has 3 aromatic heterocycles. The number of halogens is 1. The highest BCUT2D eigenvalue weighted by atomic mass is 35.5. The number of nitrogens with zero attached hydrogens (tertiary/aromatic N) is 4. The molecule has 100 valence electrons. The average Bonchev–Trinajstić information content (AvgIpc) is 2.99. The maximum absolute atomic E-state index is 6.00. The molecule has 0 aromatic carbocycles. The summed E-state index contributed by atoms with van der Waals surface area (Å²) in [6, 6.07) is 0. The normalized spacial score (nSPS) is 11.4. The molecule has 0 bridgehead atoms. The van der Waals surface area contributed by atoms with Crippen molar-refractivity contribution in [2.75, 3.05) is 0 Å². The molecule has 3 rings (SSSR count). The van der Waals surface area contributed by atoms with Crippen LogP contribution in [0.2, 0.25) is 0 Å². The molecule has 0 aliphatic carbocycles. The van der Waals surface area contributed by atoms with Gasteiger partial charge in [-0.1, -0.05) is 0 Å². The lowest BCUT2D eigenvalue weighted by Crippen LogP contribution is -1.94. The number of fused-ring (bicyclic) bond motifs is 1. The molecule has 0 saturated heterocycles. The van der Waals surface area contributed by atoms with E-state index >= 15 is 0 Å². The van der Waals surface area contributed by atoms with Crippen LogP contribution < -0.4 is 4.74 Å². The van der Waals surface area contributed by atoms with Crippen LogP contribution in [0.5, 0.6) is 11.6 Å². The molecular formula is C12H13ClN4OS. The van der Waals surface area contributed by atoms with Crippen LogP contribution in [0, 0.1) is 13.8 Å². The summed E-state index contributed by atoms with van der Waals surface area (Å²) in [4.78, 5) is 5.35. The molecule has 0 amide bonds. The molecule has 0 fully saturated rings. The maximum atomic E-state index is 6.00. The highest BCUT2D eigenvalue weighted by Crippen LogP contribution is 2.32. The number of ether oxygens (including phenoxy) is 1. The number of thiazole rings is 1. The molecule has 0 spiro atoms. The van der Waals surface area contributed by atoms with Gasteiger partial charge in [0.15, 0.2) is 10.7 Å². The number of alkyl halides is 1. The number of rotatable bonds is 3. The number of hydrogen-bond donors (Lipinski definition) is 0. The van der Waals surface area contributed by atoms with Gasteiger partial charge in [-0.2, -0.15) is 10.1 Å². The number of imidazole rings is 1. The molecular weight excluding hydrogens is 284 g/mol. The largest absolute Gasteiger partial charge is 0.433 e. The Morgan fingerprint density at radius 3 is 2.84 bits per heavy atom. The molecule has 3 aromatic rings. The van der Waals surface area contributed by atoms with Crippen LogP contribution in [-0.4, -0.2) is 19.2 Å². The second-order valence-electron chi connectivity index (χ2n) is 4.28. The highest BCUT2D eigenvalue weighted by molar-refractivity contribution is 7.15. The molecule has 0 saturated carbocycles. The molecule has 0 unspecified atom stereocenters.